The van der Waals surface area contributed by atoms with Gasteiger partial charge in [-0.15, -0.1) is 0 Å². The van der Waals surface area contributed by atoms with E-state index in [4.69, 9.17) is 4.42 Å². The van der Waals surface area contributed by atoms with Crippen LogP contribution < -0.4 is 5.32 Å². The number of rotatable bonds is 4. The fourth-order valence-corrected chi connectivity index (χ4v) is 2.44. The van der Waals surface area contributed by atoms with E-state index in [0.29, 0.717) is 0 Å². The Balaban J connectivity index is 1.90. The van der Waals surface area contributed by atoms with Gasteiger partial charge in [0.2, 0.25) is 0 Å². The van der Waals surface area contributed by atoms with E-state index in [0.717, 1.165) is 18.5 Å². The van der Waals surface area contributed by atoms with Gasteiger partial charge >= 0.3 is 0 Å². The summed E-state index contributed by atoms with van der Waals surface area (Å²) in [5.74, 6) is 0. The van der Waals surface area contributed by atoms with Gasteiger partial charge in [0.05, 0.1) is 6.26 Å². The van der Waals surface area contributed by atoms with Crippen LogP contribution in [0, 0.1) is 0 Å². The van der Waals surface area contributed by atoms with E-state index in [1.807, 2.05) is 25.4 Å². The van der Waals surface area contributed by atoms with Crippen LogP contribution in [0.4, 0.5) is 0 Å². The van der Waals surface area contributed by atoms with Crippen molar-refractivity contribution >= 4 is 11.0 Å². The average Bonchev–Trinajstić information content (AvgIpc) is 2.83. The van der Waals surface area contributed by atoms with Crippen molar-refractivity contribution in [3.05, 3.63) is 71.5 Å². The Bertz CT molecular complexity index is 684. The van der Waals surface area contributed by atoms with E-state index in [1.54, 1.807) is 0 Å². The minimum Gasteiger partial charge on any atom is -0.464 e. The third kappa shape index (κ3) is 2.54. The van der Waals surface area contributed by atoms with Gasteiger partial charge in [0.25, 0.3) is 0 Å². The zero-order chi connectivity index (χ0) is 13.1. The molecule has 1 N–H and O–H groups in total. The van der Waals surface area contributed by atoms with Crippen LogP contribution in [0.2, 0.25) is 0 Å². The molecule has 0 fully saturated rings. The molecule has 0 saturated heterocycles. The summed E-state index contributed by atoms with van der Waals surface area (Å²) in [7, 11) is 1.97. The summed E-state index contributed by atoms with van der Waals surface area (Å²) in [5.41, 5.74) is 4.84. The van der Waals surface area contributed by atoms with E-state index in [2.05, 4.69) is 41.7 Å². The van der Waals surface area contributed by atoms with Crippen molar-refractivity contribution in [2.24, 2.45) is 0 Å². The summed E-state index contributed by atoms with van der Waals surface area (Å²) in [6.45, 7) is 0.903. The third-order valence-corrected chi connectivity index (χ3v) is 3.33. The molecular formula is C17H17NO. The quantitative estimate of drug-likeness (QED) is 0.764. The summed E-state index contributed by atoms with van der Waals surface area (Å²) in [5, 5.41) is 4.39. The molecule has 0 spiro atoms. The maximum Gasteiger partial charge on any atom is 0.134 e. The van der Waals surface area contributed by atoms with Gasteiger partial charge in [-0.2, -0.15) is 0 Å². The molecule has 1 heterocycles. The summed E-state index contributed by atoms with van der Waals surface area (Å²) >= 11 is 0. The van der Waals surface area contributed by atoms with E-state index in [9.17, 15) is 0 Å². The van der Waals surface area contributed by atoms with Gasteiger partial charge in [-0.3, -0.25) is 0 Å². The summed E-state index contributed by atoms with van der Waals surface area (Å²) in [6, 6.07) is 16.9. The summed E-state index contributed by atoms with van der Waals surface area (Å²) < 4.78 is 5.59. The molecule has 2 aromatic carbocycles. The molecule has 0 amide bonds. The van der Waals surface area contributed by atoms with Gasteiger partial charge in [0.1, 0.15) is 5.58 Å². The highest BCUT2D eigenvalue weighted by Crippen LogP contribution is 2.23. The number of fused-ring (bicyclic) bond motifs is 1. The SMILES string of the molecule is CNCc1cccc(Cc2coc3ccccc23)c1. The lowest BCUT2D eigenvalue weighted by Crippen LogP contribution is -2.05. The minimum atomic E-state index is 0.903. The summed E-state index contributed by atoms with van der Waals surface area (Å²) in [6.07, 6.45) is 2.78. The molecule has 1 aromatic heterocycles. The predicted octanol–water partition coefficient (Wildman–Crippen LogP) is 3.74. The van der Waals surface area contributed by atoms with Crippen LogP contribution in [-0.2, 0) is 13.0 Å². The standard InChI is InChI=1S/C17H17NO/c1-18-11-14-6-4-5-13(9-14)10-15-12-19-17-8-3-2-7-16(15)17/h2-9,12,18H,10-11H2,1H3. The second-order valence-corrected chi connectivity index (χ2v) is 4.78. The lowest BCUT2D eigenvalue weighted by atomic mass is 10.0. The maximum atomic E-state index is 5.59. The second-order valence-electron chi connectivity index (χ2n) is 4.78. The minimum absolute atomic E-state index is 0.903. The highest BCUT2D eigenvalue weighted by Gasteiger charge is 2.06. The van der Waals surface area contributed by atoms with Crippen LogP contribution in [0.5, 0.6) is 0 Å². The summed E-state index contributed by atoms with van der Waals surface area (Å²) in [4.78, 5) is 0. The van der Waals surface area contributed by atoms with Gasteiger partial charge in [0.15, 0.2) is 0 Å². The Labute approximate surface area is 113 Å². The van der Waals surface area contributed by atoms with E-state index in [-0.39, 0.29) is 0 Å². The lowest BCUT2D eigenvalue weighted by molar-refractivity contribution is 0.611. The number of nitrogens with one attached hydrogen (secondary N) is 1. The Hall–Kier alpha value is -2.06. The molecular weight excluding hydrogens is 234 g/mol. The third-order valence-electron chi connectivity index (χ3n) is 3.33. The van der Waals surface area contributed by atoms with E-state index in [1.165, 1.54) is 22.1 Å². The number of furan rings is 1. The van der Waals surface area contributed by atoms with Crippen molar-refractivity contribution < 1.29 is 4.42 Å². The molecule has 2 nitrogen and oxygen atoms in total. The van der Waals surface area contributed by atoms with Crippen LogP contribution >= 0.6 is 0 Å². The predicted molar refractivity (Wildman–Crippen MR) is 78.2 cm³/mol. The first-order valence-corrected chi connectivity index (χ1v) is 6.54. The molecule has 0 saturated carbocycles. The van der Waals surface area contributed by atoms with Crippen LogP contribution in [0.1, 0.15) is 16.7 Å². The molecule has 2 heteroatoms. The first kappa shape index (κ1) is 12.0. The van der Waals surface area contributed by atoms with Gasteiger partial charge < -0.3 is 9.73 Å². The number of para-hydroxylation sites is 1. The van der Waals surface area contributed by atoms with Gasteiger partial charge in [-0.25, -0.2) is 0 Å². The normalized spacial score (nSPS) is 11.0. The molecule has 0 aliphatic heterocycles. The fraction of sp³-hybridized carbons (Fsp3) is 0.176. The molecule has 0 aliphatic carbocycles. The van der Waals surface area contributed by atoms with Crippen molar-refractivity contribution in [1.29, 1.82) is 0 Å². The average molecular weight is 251 g/mol. The Morgan fingerprint density at radius 1 is 1.00 bits per heavy atom. The molecule has 19 heavy (non-hydrogen) atoms. The van der Waals surface area contributed by atoms with Gasteiger partial charge in [0, 0.05) is 23.9 Å². The molecule has 0 unspecified atom stereocenters. The Morgan fingerprint density at radius 2 is 1.84 bits per heavy atom. The van der Waals surface area contributed by atoms with Crippen molar-refractivity contribution in [1.82, 2.24) is 5.32 Å². The molecule has 0 radical (unpaired) electrons. The highest BCUT2D eigenvalue weighted by atomic mass is 16.3. The first-order chi connectivity index (χ1) is 9.36. The lowest BCUT2D eigenvalue weighted by Gasteiger charge is -2.04. The first-order valence-electron chi connectivity index (χ1n) is 6.54. The zero-order valence-electron chi connectivity index (χ0n) is 11.0. The smallest absolute Gasteiger partial charge is 0.134 e. The van der Waals surface area contributed by atoms with Crippen molar-refractivity contribution in [2.45, 2.75) is 13.0 Å². The number of hydrogen-bond donors (Lipinski definition) is 1. The van der Waals surface area contributed by atoms with Crippen LogP contribution in [0.25, 0.3) is 11.0 Å². The molecule has 0 aliphatic rings. The van der Waals surface area contributed by atoms with Gasteiger partial charge in [-0.05, 0) is 24.2 Å². The molecule has 3 rings (SSSR count). The molecule has 0 bridgehead atoms. The van der Waals surface area contributed by atoms with Gasteiger partial charge in [-0.1, -0.05) is 42.5 Å². The topological polar surface area (TPSA) is 25.2 Å². The number of hydrogen-bond acceptors (Lipinski definition) is 2. The highest BCUT2D eigenvalue weighted by molar-refractivity contribution is 5.81. The Kier molecular flexibility index (Phi) is 3.34. The van der Waals surface area contributed by atoms with Crippen LogP contribution in [0.15, 0.2) is 59.2 Å². The number of benzene rings is 2. The van der Waals surface area contributed by atoms with Crippen molar-refractivity contribution in [2.75, 3.05) is 7.05 Å². The maximum absolute atomic E-state index is 5.59. The van der Waals surface area contributed by atoms with E-state index >= 15 is 0 Å². The monoisotopic (exact) mass is 251 g/mol. The van der Waals surface area contributed by atoms with Crippen LogP contribution in [-0.4, -0.2) is 7.05 Å². The van der Waals surface area contributed by atoms with E-state index < -0.39 is 0 Å². The van der Waals surface area contributed by atoms with Crippen molar-refractivity contribution in [3.8, 4) is 0 Å². The molecule has 96 valence electrons. The zero-order valence-corrected chi connectivity index (χ0v) is 11.0. The molecule has 3 aromatic rings. The van der Waals surface area contributed by atoms with Crippen molar-refractivity contribution in [3.63, 3.8) is 0 Å². The molecule has 0 atom stereocenters. The largest absolute Gasteiger partial charge is 0.464 e. The Morgan fingerprint density at radius 3 is 2.74 bits per heavy atom. The second kappa shape index (κ2) is 5.29. The van der Waals surface area contributed by atoms with Crippen LogP contribution in [0.3, 0.4) is 0 Å². The fourth-order valence-electron chi connectivity index (χ4n) is 2.44.